The summed E-state index contributed by atoms with van der Waals surface area (Å²) in [5.41, 5.74) is 1.37. The van der Waals surface area contributed by atoms with E-state index in [1.165, 1.54) is 38.5 Å². The highest BCUT2D eigenvalue weighted by molar-refractivity contribution is 5.79. The van der Waals surface area contributed by atoms with E-state index in [0.29, 0.717) is 5.41 Å². The molecule has 1 aromatic heterocycles. The Morgan fingerprint density at radius 2 is 1.91 bits per heavy atom. The molecule has 1 aromatic rings. The molecule has 0 radical (unpaired) electrons. The molecule has 1 N–H and O–H groups in total. The summed E-state index contributed by atoms with van der Waals surface area (Å²) in [4.78, 5) is 12.5. The number of hydrogen-bond acceptors (Lipinski definition) is 2. The highest BCUT2D eigenvalue weighted by Crippen LogP contribution is 2.59. The van der Waals surface area contributed by atoms with E-state index in [0.717, 1.165) is 30.0 Å². The van der Waals surface area contributed by atoms with Crippen molar-refractivity contribution in [2.24, 2.45) is 23.2 Å². The summed E-state index contributed by atoms with van der Waals surface area (Å²) in [7, 11) is 0. The molecule has 5 rings (SSSR count). The zero-order valence-electron chi connectivity index (χ0n) is 13.7. The van der Waals surface area contributed by atoms with Crippen molar-refractivity contribution < 1.29 is 4.79 Å². The first kappa shape index (κ1) is 14.3. The van der Waals surface area contributed by atoms with Crippen molar-refractivity contribution in [2.45, 2.75) is 58.4 Å². The van der Waals surface area contributed by atoms with Gasteiger partial charge in [0.15, 0.2) is 0 Å². The molecule has 1 atom stereocenters. The second kappa shape index (κ2) is 5.10. The average molecular weight is 301 g/mol. The van der Waals surface area contributed by atoms with E-state index in [1.807, 2.05) is 26.1 Å². The van der Waals surface area contributed by atoms with Crippen LogP contribution >= 0.6 is 0 Å². The molecule has 22 heavy (non-hydrogen) atoms. The van der Waals surface area contributed by atoms with Gasteiger partial charge in [-0.3, -0.25) is 9.48 Å². The molecule has 4 aliphatic rings. The van der Waals surface area contributed by atoms with Crippen LogP contribution in [0.1, 0.15) is 57.2 Å². The van der Waals surface area contributed by atoms with Crippen molar-refractivity contribution >= 4 is 5.91 Å². The van der Waals surface area contributed by atoms with Crippen LogP contribution in [0.3, 0.4) is 0 Å². The van der Waals surface area contributed by atoms with E-state index >= 15 is 0 Å². The molecular weight excluding hydrogens is 274 g/mol. The van der Waals surface area contributed by atoms with Gasteiger partial charge in [0.25, 0.3) is 0 Å². The van der Waals surface area contributed by atoms with Crippen molar-refractivity contribution in [3.8, 4) is 0 Å². The van der Waals surface area contributed by atoms with Gasteiger partial charge in [-0.15, -0.1) is 0 Å². The maximum Gasteiger partial charge on any atom is 0.244 e. The van der Waals surface area contributed by atoms with Gasteiger partial charge in [0.1, 0.15) is 6.04 Å². The predicted molar refractivity (Wildman–Crippen MR) is 85.3 cm³/mol. The second-order valence-corrected chi connectivity index (χ2v) is 8.25. The van der Waals surface area contributed by atoms with Crippen LogP contribution in [-0.2, 0) is 4.79 Å². The van der Waals surface area contributed by atoms with Crippen molar-refractivity contribution in [3.63, 3.8) is 0 Å². The Hall–Kier alpha value is -1.32. The fraction of sp³-hybridized carbons (Fsp3) is 0.778. The maximum absolute atomic E-state index is 12.5. The van der Waals surface area contributed by atoms with Gasteiger partial charge in [-0.05, 0) is 81.6 Å². The fourth-order valence-electron chi connectivity index (χ4n) is 5.70. The molecule has 4 heteroatoms. The molecule has 0 aromatic carbocycles. The lowest BCUT2D eigenvalue weighted by atomic mass is 9.49. The normalized spacial score (nSPS) is 37.3. The Morgan fingerprint density at radius 1 is 1.32 bits per heavy atom. The molecule has 1 unspecified atom stereocenters. The van der Waals surface area contributed by atoms with E-state index in [-0.39, 0.29) is 11.9 Å². The minimum Gasteiger partial charge on any atom is -0.354 e. The molecule has 0 aliphatic heterocycles. The number of nitrogens with zero attached hydrogens (tertiary/aromatic N) is 2. The molecule has 4 nitrogen and oxygen atoms in total. The summed E-state index contributed by atoms with van der Waals surface area (Å²) in [5, 5.41) is 7.61. The van der Waals surface area contributed by atoms with Crippen molar-refractivity contribution in [2.75, 3.05) is 6.54 Å². The first-order valence-corrected chi connectivity index (χ1v) is 8.82. The summed E-state index contributed by atoms with van der Waals surface area (Å²) in [6, 6.07) is 1.73. The third-order valence-corrected chi connectivity index (χ3v) is 6.32. The van der Waals surface area contributed by atoms with Crippen molar-refractivity contribution in [3.05, 3.63) is 18.0 Å². The third-order valence-electron chi connectivity index (χ3n) is 6.32. The van der Waals surface area contributed by atoms with Crippen LogP contribution in [0.2, 0.25) is 0 Å². The number of rotatable bonds is 4. The standard InChI is InChI=1S/C18H27N3O/c1-12-3-4-21(20-12)13(2)17(22)19-11-18-8-14-5-15(9-18)7-16(6-14)10-18/h3-4,13-16H,5-11H2,1-2H3,(H,19,22). The number of nitrogens with one attached hydrogen (secondary N) is 1. The first-order chi connectivity index (χ1) is 10.5. The molecule has 0 spiro atoms. The highest BCUT2D eigenvalue weighted by Gasteiger charge is 2.50. The summed E-state index contributed by atoms with van der Waals surface area (Å²) in [5.74, 6) is 2.93. The van der Waals surface area contributed by atoms with Crippen LogP contribution in [0.4, 0.5) is 0 Å². The summed E-state index contributed by atoms with van der Waals surface area (Å²) < 4.78 is 1.77. The van der Waals surface area contributed by atoms with E-state index in [2.05, 4.69) is 10.4 Å². The second-order valence-electron chi connectivity index (χ2n) is 8.25. The molecule has 4 bridgehead atoms. The van der Waals surface area contributed by atoms with Crippen molar-refractivity contribution in [1.29, 1.82) is 0 Å². The Balaban J connectivity index is 1.39. The van der Waals surface area contributed by atoms with E-state index in [9.17, 15) is 4.79 Å². The minimum atomic E-state index is -0.220. The predicted octanol–water partition coefficient (Wildman–Crippen LogP) is 3.09. The van der Waals surface area contributed by atoms with Gasteiger partial charge in [0.2, 0.25) is 5.91 Å². The molecule has 4 aliphatic carbocycles. The van der Waals surface area contributed by atoms with Gasteiger partial charge in [-0.1, -0.05) is 0 Å². The Morgan fingerprint density at radius 3 is 2.41 bits per heavy atom. The average Bonchev–Trinajstić information content (AvgIpc) is 2.89. The van der Waals surface area contributed by atoms with Gasteiger partial charge in [-0.25, -0.2) is 0 Å². The minimum absolute atomic E-state index is 0.110. The Kier molecular flexibility index (Phi) is 3.31. The number of aromatic nitrogens is 2. The number of hydrogen-bond donors (Lipinski definition) is 1. The van der Waals surface area contributed by atoms with Crippen LogP contribution in [0, 0.1) is 30.1 Å². The van der Waals surface area contributed by atoms with Gasteiger partial charge >= 0.3 is 0 Å². The number of amides is 1. The summed E-state index contributed by atoms with van der Waals surface area (Å²) in [6.45, 7) is 4.76. The molecule has 4 fully saturated rings. The van der Waals surface area contributed by atoms with E-state index < -0.39 is 0 Å². The molecular formula is C18H27N3O. The molecule has 1 heterocycles. The van der Waals surface area contributed by atoms with Gasteiger partial charge in [0.05, 0.1) is 5.69 Å². The number of carbonyl (C=O) groups is 1. The fourth-order valence-corrected chi connectivity index (χ4v) is 5.70. The first-order valence-electron chi connectivity index (χ1n) is 8.82. The van der Waals surface area contributed by atoms with E-state index in [1.54, 1.807) is 4.68 Å². The SMILES string of the molecule is Cc1ccn(C(C)C(=O)NCC23CC4CC(CC(C4)C2)C3)n1. The van der Waals surface area contributed by atoms with Crippen LogP contribution in [-0.4, -0.2) is 22.2 Å². The zero-order chi connectivity index (χ0) is 15.3. The quantitative estimate of drug-likeness (QED) is 0.929. The van der Waals surface area contributed by atoms with Gasteiger partial charge in [-0.2, -0.15) is 5.10 Å². The lowest BCUT2D eigenvalue weighted by Gasteiger charge is -2.57. The molecule has 1 amide bonds. The number of aryl methyl sites for hydroxylation is 1. The largest absolute Gasteiger partial charge is 0.354 e. The molecule has 4 saturated carbocycles. The highest BCUT2D eigenvalue weighted by atomic mass is 16.2. The van der Waals surface area contributed by atoms with E-state index in [4.69, 9.17) is 0 Å². The van der Waals surface area contributed by atoms with Crippen LogP contribution in [0.25, 0.3) is 0 Å². The summed E-state index contributed by atoms with van der Waals surface area (Å²) in [6.07, 6.45) is 10.3. The monoisotopic (exact) mass is 301 g/mol. The topological polar surface area (TPSA) is 46.9 Å². The van der Waals surface area contributed by atoms with Crippen LogP contribution in [0.5, 0.6) is 0 Å². The van der Waals surface area contributed by atoms with Crippen LogP contribution in [0.15, 0.2) is 12.3 Å². The smallest absolute Gasteiger partial charge is 0.244 e. The maximum atomic E-state index is 12.5. The van der Waals surface area contributed by atoms with Gasteiger partial charge < -0.3 is 5.32 Å². The van der Waals surface area contributed by atoms with Gasteiger partial charge in [0, 0.05) is 12.7 Å². The Labute approximate surface area is 132 Å². The molecule has 120 valence electrons. The van der Waals surface area contributed by atoms with Crippen LogP contribution < -0.4 is 5.32 Å². The Bertz CT molecular complexity index is 541. The lowest BCUT2D eigenvalue weighted by molar-refractivity contribution is -0.126. The van der Waals surface area contributed by atoms with Crippen molar-refractivity contribution in [1.82, 2.24) is 15.1 Å². The third kappa shape index (κ3) is 2.46. The molecule has 0 saturated heterocycles. The lowest BCUT2D eigenvalue weighted by Crippen LogP contribution is -2.51. The summed E-state index contributed by atoms with van der Waals surface area (Å²) >= 11 is 0. The number of carbonyl (C=O) groups excluding carboxylic acids is 1. The zero-order valence-corrected chi connectivity index (χ0v) is 13.7.